The molecule has 0 aliphatic carbocycles. The number of nitrogens with one attached hydrogen (secondary N) is 1. The third-order valence-electron chi connectivity index (χ3n) is 7.49. The number of carbonyl (C=O) groups is 2. The number of benzene rings is 1. The minimum Gasteiger partial charge on any atom is -0.497 e. The van der Waals surface area contributed by atoms with Gasteiger partial charge in [0.1, 0.15) is 16.7 Å². The Kier molecular flexibility index (Phi) is 10.3. The first-order chi connectivity index (χ1) is 18.8. The Hall–Kier alpha value is -3.05. The minimum atomic E-state index is -4.87. The maximum Gasteiger partial charge on any atom is 0.419 e. The lowest BCUT2D eigenvalue weighted by atomic mass is 9.87. The summed E-state index contributed by atoms with van der Waals surface area (Å²) in [5.74, 6) is 0.0392. The molecule has 12 heteroatoms. The standard InChI is InChI=1S/C28H37ClF3N5O3/c1-33-27(28(30,31)32,20-9-6-10-21(18-20)40-5)26(39)36(4)15-7-8-19-13-16-37(17-14-19)23-12-11-22(24(29)34-23)25(38)35(2)3/h6,9-12,18-19,33H,7-8,13-17H2,1-5H3. The van der Waals surface area contributed by atoms with Crippen LogP contribution in [0.5, 0.6) is 5.75 Å². The van der Waals surface area contributed by atoms with Gasteiger partial charge in [-0.3, -0.25) is 14.9 Å². The molecule has 1 aromatic carbocycles. The van der Waals surface area contributed by atoms with Gasteiger partial charge in [-0.05, 0) is 68.5 Å². The second kappa shape index (κ2) is 13.1. The van der Waals surface area contributed by atoms with Crippen LogP contribution in [0, 0.1) is 5.92 Å². The number of hydrogen-bond acceptors (Lipinski definition) is 6. The first-order valence-corrected chi connectivity index (χ1v) is 13.5. The largest absolute Gasteiger partial charge is 0.497 e. The van der Waals surface area contributed by atoms with Crippen molar-refractivity contribution in [3.05, 3.63) is 52.7 Å². The Morgan fingerprint density at radius 2 is 1.82 bits per heavy atom. The highest BCUT2D eigenvalue weighted by atomic mass is 35.5. The average Bonchev–Trinajstić information content (AvgIpc) is 2.92. The molecule has 0 saturated carbocycles. The van der Waals surface area contributed by atoms with Gasteiger partial charge >= 0.3 is 6.18 Å². The molecule has 1 aliphatic heterocycles. The van der Waals surface area contributed by atoms with Gasteiger partial charge in [-0.2, -0.15) is 13.2 Å². The summed E-state index contributed by atoms with van der Waals surface area (Å²) >= 11 is 6.27. The van der Waals surface area contributed by atoms with Gasteiger partial charge in [-0.15, -0.1) is 0 Å². The lowest BCUT2D eigenvalue weighted by Crippen LogP contribution is -2.62. The Balaban J connectivity index is 1.58. The smallest absolute Gasteiger partial charge is 0.419 e. The van der Waals surface area contributed by atoms with Gasteiger partial charge in [0.05, 0.1) is 12.7 Å². The summed E-state index contributed by atoms with van der Waals surface area (Å²) in [7, 11) is 7.21. The average molecular weight is 584 g/mol. The fourth-order valence-corrected chi connectivity index (χ4v) is 5.35. The Bertz CT molecular complexity index is 1190. The molecule has 2 amide bonds. The van der Waals surface area contributed by atoms with Crippen molar-refractivity contribution in [3.63, 3.8) is 0 Å². The van der Waals surface area contributed by atoms with Crippen molar-refractivity contribution in [2.75, 3.05) is 59.8 Å². The summed E-state index contributed by atoms with van der Waals surface area (Å²) < 4.78 is 48.4. The fraction of sp³-hybridized carbons (Fsp3) is 0.536. The van der Waals surface area contributed by atoms with E-state index in [0.29, 0.717) is 23.7 Å². The van der Waals surface area contributed by atoms with Gasteiger partial charge in [0.15, 0.2) is 0 Å². The molecule has 1 atom stereocenters. The van der Waals surface area contributed by atoms with E-state index in [1.807, 2.05) is 0 Å². The number of amides is 2. The summed E-state index contributed by atoms with van der Waals surface area (Å²) in [6.45, 7) is 1.69. The molecule has 0 radical (unpaired) electrons. The van der Waals surface area contributed by atoms with Crippen molar-refractivity contribution in [1.29, 1.82) is 0 Å². The number of methoxy groups -OCH3 is 1. The first kappa shape index (κ1) is 31.5. The zero-order chi connectivity index (χ0) is 29.7. The summed E-state index contributed by atoms with van der Waals surface area (Å²) in [6, 6.07) is 8.96. The molecule has 2 aromatic rings. The number of pyridine rings is 1. The van der Waals surface area contributed by atoms with Crippen LogP contribution in [-0.4, -0.2) is 87.7 Å². The molecule has 0 bridgehead atoms. The number of ether oxygens (including phenoxy) is 1. The lowest BCUT2D eigenvalue weighted by Gasteiger charge is -2.38. The predicted molar refractivity (Wildman–Crippen MR) is 149 cm³/mol. The molecule has 8 nitrogen and oxygen atoms in total. The number of anilines is 1. The highest BCUT2D eigenvalue weighted by Crippen LogP contribution is 2.41. The van der Waals surface area contributed by atoms with Crippen LogP contribution in [0.4, 0.5) is 19.0 Å². The predicted octanol–water partition coefficient (Wildman–Crippen LogP) is 4.58. The monoisotopic (exact) mass is 583 g/mol. The van der Waals surface area contributed by atoms with Crippen molar-refractivity contribution in [1.82, 2.24) is 20.1 Å². The lowest BCUT2D eigenvalue weighted by molar-refractivity contribution is -0.207. The minimum absolute atomic E-state index is 0.163. The molecular weight excluding hydrogens is 547 g/mol. The summed E-state index contributed by atoms with van der Waals surface area (Å²) in [4.78, 5) is 34.6. The van der Waals surface area contributed by atoms with Gasteiger partial charge in [-0.25, -0.2) is 4.98 Å². The third kappa shape index (κ3) is 6.63. The van der Waals surface area contributed by atoms with E-state index in [4.69, 9.17) is 16.3 Å². The molecule has 220 valence electrons. The zero-order valence-electron chi connectivity index (χ0n) is 23.5. The molecule has 0 spiro atoms. The first-order valence-electron chi connectivity index (χ1n) is 13.1. The number of aromatic nitrogens is 1. The summed E-state index contributed by atoms with van der Waals surface area (Å²) in [6.07, 6.45) is -1.76. The van der Waals surface area contributed by atoms with Gasteiger partial charge < -0.3 is 19.4 Å². The van der Waals surface area contributed by atoms with Crippen molar-refractivity contribution >= 4 is 29.2 Å². The number of rotatable bonds is 10. The van der Waals surface area contributed by atoms with Crippen LogP contribution in [0.2, 0.25) is 5.15 Å². The molecular formula is C28H37ClF3N5O3. The molecule has 1 saturated heterocycles. The van der Waals surface area contributed by atoms with Crippen LogP contribution < -0.4 is 15.0 Å². The molecule has 2 heterocycles. The van der Waals surface area contributed by atoms with Gasteiger partial charge in [0.2, 0.25) is 5.54 Å². The van der Waals surface area contributed by atoms with Crippen LogP contribution in [0.15, 0.2) is 36.4 Å². The topological polar surface area (TPSA) is 78.0 Å². The second-order valence-electron chi connectivity index (χ2n) is 10.2. The van der Waals surface area contributed by atoms with Crippen molar-refractivity contribution in [2.24, 2.45) is 5.92 Å². The van der Waals surface area contributed by atoms with E-state index in [1.54, 1.807) is 26.2 Å². The van der Waals surface area contributed by atoms with Crippen molar-refractivity contribution in [3.8, 4) is 5.75 Å². The SMILES string of the molecule is CNC(C(=O)N(C)CCCC1CCN(c2ccc(C(=O)N(C)C)c(Cl)n2)CC1)(c1cccc(OC)c1)C(F)(F)F. The number of halogens is 4. The van der Waals surface area contributed by atoms with E-state index >= 15 is 0 Å². The quantitative estimate of drug-likeness (QED) is 0.413. The summed E-state index contributed by atoms with van der Waals surface area (Å²) in [5, 5.41) is 2.43. The van der Waals surface area contributed by atoms with Crippen LogP contribution >= 0.6 is 11.6 Å². The fourth-order valence-electron chi connectivity index (χ4n) is 5.11. The Labute approximate surface area is 238 Å². The van der Waals surface area contributed by atoms with E-state index in [0.717, 1.165) is 44.3 Å². The number of likely N-dealkylation sites (N-methyl/N-ethyl adjacent to an activating group) is 2. The number of carbonyl (C=O) groups excluding carboxylic acids is 2. The van der Waals surface area contributed by atoms with Gasteiger partial charge in [-0.1, -0.05) is 23.7 Å². The van der Waals surface area contributed by atoms with Crippen molar-refractivity contribution in [2.45, 2.75) is 37.4 Å². The number of alkyl halides is 3. The maximum absolute atomic E-state index is 14.4. The van der Waals surface area contributed by atoms with Crippen LogP contribution in [0.1, 0.15) is 41.6 Å². The molecule has 1 unspecified atom stereocenters. The van der Waals surface area contributed by atoms with E-state index < -0.39 is 17.6 Å². The van der Waals surface area contributed by atoms with Crippen LogP contribution in [-0.2, 0) is 10.3 Å². The highest BCUT2D eigenvalue weighted by molar-refractivity contribution is 6.32. The number of hydrogen-bond donors (Lipinski definition) is 1. The third-order valence-corrected chi connectivity index (χ3v) is 7.77. The molecule has 1 aromatic heterocycles. The van der Waals surface area contributed by atoms with E-state index in [9.17, 15) is 22.8 Å². The van der Waals surface area contributed by atoms with Crippen molar-refractivity contribution < 1.29 is 27.5 Å². The van der Waals surface area contributed by atoms with Gasteiger partial charge in [0, 0.05) is 40.8 Å². The zero-order valence-corrected chi connectivity index (χ0v) is 24.3. The van der Waals surface area contributed by atoms with E-state index in [1.165, 1.54) is 43.3 Å². The maximum atomic E-state index is 14.4. The molecule has 40 heavy (non-hydrogen) atoms. The van der Waals surface area contributed by atoms with E-state index in [2.05, 4.69) is 15.2 Å². The second-order valence-corrected chi connectivity index (χ2v) is 10.6. The van der Waals surface area contributed by atoms with Crippen LogP contribution in [0.25, 0.3) is 0 Å². The highest BCUT2D eigenvalue weighted by Gasteiger charge is 2.61. The Morgan fingerprint density at radius 3 is 2.38 bits per heavy atom. The van der Waals surface area contributed by atoms with Gasteiger partial charge in [0.25, 0.3) is 11.8 Å². The summed E-state index contributed by atoms with van der Waals surface area (Å²) in [5.41, 5.74) is -2.76. The molecule has 1 N–H and O–H groups in total. The van der Waals surface area contributed by atoms with E-state index in [-0.39, 0.29) is 28.9 Å². The molecule has 1 aliphatic rings. The number of nitrogens with zero attached hydrogens (tertiary/aromatic N) is 4. The molecule has 1 fully saturated rings. The Morgan fingerprint density at radius 1 is 1.15 bits per heavy atom. The van der Waals surface area contributed by atoms with Crippen LogP contribution in [0.3, 0.4) is 0 Å². The normalized spacial score (nSPS) is 15.9. The number of piperidine rings is 1. The molecule has 3 rings (SSSR count).